The van der Waals surface area contributed by atoms with Gasteiger partial charge in [-0.3, -0.25) is 0 Å². The zero-order valence-corrected chi connectivity index (χ0v) is 10.7. The van der Waals surface area contributed by atoms with Gasteiger partial charge in [0.25, 0.3) is 0 Å². The molecule has 0 saturated carbocycles. The van der Waals surface area contributed by atoms with Crippen LogP contribution in [0.5, 0.6) is 0 Å². The van der Waals surface area contributed by atoms with E-state index in [4.69, 9.17) is 0 Å². The lowest BCUT2D eigenvalue weighted by Gasteiger charge is -2.34. The number of aromatic nitrogens is 2. The van der Waals surface area contributed by atoms with E-state index >= 15 is 0 Å². The van der Waals surface area contributed by atoms with Gasteiger partial charge in [-0.1, -0.05) is 6.07 Å². The van der Waals surface area contributed by atoms with Crippen molar-refractivity contribution in [3.8, 4) is 0 Å². The number of piperazine rings is 1. The highest BCUT2D eigenvalue weighted by Gasteiger charge is 2.24. The lowest BCUT2D eigenvalue weighted by Crippen LogP contribution is -2.96. The van der Waals surface area contributed by atoms with E-state index in [-0.39, 0.29) is 5.69 Å². The van der Waals surface area contributed by atoms with Gasteiger partial charge in [-0.25, -0.2) is 4.52 Å². The summed E-state index contributed by atoms with van der Waals surface area (Å²) in [5, 5.41) is 26.0. The lowest BCUT2D eigenvalue weighted by atomic mass is 10.3. The highest BCUT2D eigenvalue weighted by Crippen LogP contribution is 2.26. The van der Waals surface area contributed by atoms with Crippen molar-refractivity contribution in [2.75, 3.05) is 38.1 Å². The van der Waals surface area contributed by atoms with Crippen LogP contribution in [-0.2, 0) is 0 Å². The van der Waals surface area contributed by atoms with E-state index in [0.29, 0.717) is 11.3 Å². The molecule has 1 aliphatic heterocycles. The molecule has 2 aromatic heterocycles. The van der Waals surface area contributed by atoms with Crippen LogP contribution in [0, 0.1) is 10.4 Å². The molecule has 0 atom stereocenters. The Kier molecular flexibility index (Phi) is 3.11. The summed E-state index contributed by atoms with van der Waals surface area (Å²) in [6, 6.07) is 5.38. The first-order valence-electron chi connectivity index (χ1n) is 6.29. The maximum atomic E-state index is 11.4. The molecule has 1 aliphatic rings. The summed E-state index contributed by atoms with van der Waals surface area (Å²) in [5.74, 6) is 0.513. The van der Waals surface area contributed by atoms with Crippen molar-refractivity contribution in [2.45, 2.75) is 0 Å². The zero-order chi connectivity index (χ0) is 13.4. The molecule has 3 rings (SSSR count). The third kappa shape index (κ3) is 2.17. The van der Waals surface area contributed by atoms with Gasteiger partial charge in [-0.15, -0.1) is 5.10 Å². The molecule has 7 heteroatoms. The van der Waals surface area contributed by atoms with Crippen LogP contribution in [0.15, 0.2) is 24.4 Å². The van der Waals surface area contributed by atoms with E-state index in [0.717, 1.165) is 26.2 Å². The van der Waals surface area contributed by atoms with E-state index in [1.54, 1.807) is 22.8 Å². The minimum Gasteiger partial charge on any atom is -0.627 e. The Hall–Kier alpha value is -1.67. The molecule has 0 bridgehead atoms. The molecule has 7 nitrogen and oxygen atoms in total. The number of quaternary nitrogens is 1. The Balaban J connectivity index is 2.05. The van der Waals surface area contributed by atoms with Gasteiger partial charge >= 0.3 is 0 Å². The number of anilines is 1. The van der Waals surface area contributed by atoms with Crippen LogP contribution >= 0.6 is 0 Å². The van der Waals surface area contributed by atoms with Gasteiger partial charge in [0.05, 0.1) is 0 Å². The number of rotatable bonds is 2. The van der Waals surface area contributed by atoms with Crippen molar-refractivity contribution < 1.29 is 5.23 Å². The maximum Gasteiger partial charge on any atom is 0.214 e. The van der Waals surface area contributed by atoms with Crippen molar-refractivity contribution in [1.82, 2.24) is 14.5 Å². The molecule has 2 aromatic rings. The molecule has 0 spiro atoms. The zero-order valence-electron chi connectivity index (χ0n) is 10.7. The predicted molar refractivity (Wildman–Crippen MR) is 72.3 cm³/mol. The number of pyridine rings is 1. The summed E-state index contributed by atoms with van der Waals surface area (Å²) in [6.45, 7) is 3.36. The second-order valence-electron chi connectivity index (χ2n) is 4.81. The predicted octanol–water partition coefficient (Wildman–Crippen LogP) is -0.402. The third-order valence-electron chi connectivity index (χ3n) is 3.53. The van der Waals surface area contributed by atoms with Gasteiger partial charge in [0, 0.05) is 32.4 Å². The van der Waals surface area contributed by atoms with E-state index < -0.39 is 5.23 Å². The Bertz CT molecular complexity index is 575. The number of fused-ring (bicyclic) bond motifs is 1. The third-order valence-corrected chi connectivity index (χ3v) is 3.53. The second kappa shape index (κ2) is 4.78. The van der Waals surface area contributed by atoms with Gasteiger partial charge < -0.3 is 25.4 Å². The average Bonchev–Trinajstić information content (AvgIpc) is 2.78. The first-order valence-corrected chi connectivity index (χ1v) is 6.29. The number of hydrogen-bond acceptors (Lipinski definition) is 5. The largest absolute Gasteiger partial charge is 0.627 e. The topological polar surface area (TPSA) is 74.3 Å². The van der Waals surface area contributed by atoms with Crippen molar-refractivity contribution >= 4 is 17.0 Å². The average molecular weight is 262 g/mol. The van der Waals surface area contributed by atoms with Crippen molar-refractivity contribution in [1.29, 1.82) is 0 Å². The van der Waals surface area contributed by atoms with Crippen LogP contribution in [0.3, 0.4) is 0 Å². The monoisotopic (exact) mass is 262 g/mol. The van der Waals surface area contributed by atoms with Crippen molar-refractivity contribution in [2.24, 2.45) is 0 Å². The van der Waals surface area contributed by atoms with Gasteiger partial charge in [-0.05, 0) is 19.2 Å². The fourth-order valence-electron chi connectivity index (χ4n) is 2.42. The van der Waals surface area contributed by atoms with Gasteiger partial charge in [0.1, 0.15) is 5.52 Å². The molecule has 0 radical (unpaired) electrons. The number of nitrogens with one attached hydrogen (secondary N) is 1. The lowest BCUT2D eigenvalue weighted by molar-refractivity contribution is -0.713. The Morgan fingerprint density at radius 2 is 1.89 bits per heavy atom. The Morgan fingerprint density at radius 3 is 2.58 bits per heavy atom. The van der Waals surface area contributed by atoms with Crippen LogP contribution in [0.2, 0.25) is 0 Å². The highest BCUT2D eigenvalue weighted by atomic mass is 16.8. The molecule has 0 amide bonds. The molecule has 1 saturated heterocycles. The van der Waals surface area contributed by atoms with E-state index in [1.807, 2.05) is 11.0 Å². The van der Waals surface area contributed by atoms with E-state index in [1.165, 1.54) is 0 Å². The second-order valence-corrected chi connectivity index (χ2v) is 4.81. The first-order chi connectivity index (χ1) is 9.16. The summed E-state index contributed by atoms with van der Waals surface area (Å²) < 4.78 is 1.60. The fraction of sp³-hybridized carbons (Fsp3) is 0.417. The minimum atomic E-state index is -1.17. The molecule has 102 valence electrons. The summed E-state index contributed by atoms with van der Waals surface area (Å²) in [5.41, 5.74) is 0.765. The normalized spacial score (nSPS) is 17.6. The number of nitrogens with zero attached hydrogens (tertiary/aromatic N) is 4. The summed E-state index contributed by atoms with van der Waals surface area (Å²) in [6.07, 6.45) is 1.75. The van der Waals surface area contributed by atoms with E-state index in [2.05, 4.69) is 17.0 Å². The molecule has 19 heavy (non-hydrogen) atoms. The summed E-state index contributed by atoms with van der Waals surface area (Å²) in [7, 11) is 2.06. The van der Waals surface area contributed by atoms with Crippen LogP contribution in [0.1, 0.15) is 0 Å². The number of hydrogen-bond donors (Lipinski definition) is 1. The number of likely N-dealkylation sites (N-methyl/N-ethyl adjacent to an activating group) is 1. The summed E-state index contributed by atoms with van der Waals surface area (Å²) >= 11 is 0. The van der Waals surface area contributed by atoms with Gasteiger partial charge in [0.2, 0.25) is 11.5 Å². The van der Waals surface area contributed by atoms with Crippen LogP contribution in [0.25, 0.3) is 5.52 Å². The minimum absolute atomic E-state index is 0.185. The molecule has 1 N–H and O–H groups in total. The smallest absolute Gasteiger partial charge is 0.214 e. The fourth-order valence-corrected chi connectivity index (χ4v) is 2.42. The Labute approximate surface area is 110 Å². The quantitative estimate of drug-likeness (QED) is 0.745. The molecule has 3 heterocycles. The van der Waals surface area contributed by atoms with Gasteiger partial charge in [0.15, 0.2) is 0 Å². The van der Waals surface area contributed by atoms with Crippen LogP contribution in [-0.4, -0.2) is 47.7 Å². The molecule has 0 aliphatic carbocycles. The van der Waals surface area contributed by atoms with Crippen LogP contribution in [0.4, 0.5) is 11.5 Å². The van der Waals surface area contributed by atoms with E-state index in [9.17, 15) is 10.4 Å². The molecular weight excluding hydrogens is 246 g/mol. The highest BCUT2D eigenvalue weighted by molar-refractivity contribution is 5.77. The SMILES string of the molecule is CN1CCN(c2nn3ccccc3c2[NH+]([O-])[O-])CC1. The van der Waals surface area contributed by atoms with Crippen molar-refractivity contribution in [3.05, 3.63) is 34.8 Å². The molecule has 0 aromatic carbocycles. The maximum absolute atomic E-state index is 11.4. The molecule has 0 unspecified atom stereocenters. The molecular formula is C12H16N5O2-. The standard InChI is InChI=1S/C12H16N5O2/c1-14-6-8-15(9-7-14)12-11(17(18)19)10-4-2-3-5-16(10)13-12/h2-5,17H,6-9H2,1H3/q-1. The molecule has 1 fully saturated rings. The van der Waals surface area contributed by atoms with Gasteiger partial charge in [-0.2, -0.15) is 0 Å². The first kappa shape index (κ1) is 12.4. The van der Waals surface area contributed by atoms with Crippen LogP contribution < -0.4 is 10.1 Å². The Morgan fingerprint density at radius 1 is 1.16 bits per heavy atom. The van der Waals surface area contributed by atoms with Crippen molar-refractivity contribution in [3.63, 3.8) is 0 Å². The summed E-state index contributed by atoms with van der Waals surface area (Å²) in [4.78, 5) is 4.23.